The number of hydrogen-bond acceptors (Lipinski definition) is 4. The molecule has 0 unspecified atom stereocenters. The number of hydrogen-bond donors (Lipinski definition) is 3. The molecule has 18 heavy (non-hydrogen) atoms. The molecule has 0 saturated carbocycles. The van der Waals surface area contributed by atoms with Crippen LogP contribution in [0.1, 0.15) is 15.9 Å². The first-order chi connectivity index (χ1) is 8.69. The summed E-state index contributed by atoms with van der Waals surface area (Å²) in [5, 5.41) is 2.62. The van der Waals surface area contributed by atoms with Crippen molar-refractivity contribution in [3.8, 4) is 0 Å². The summed E-state index contributed by atoms with van der Waals surface area (Å²) in [5.74, 6) is 0.0997. The molecule has 0 aliphatic carbocycles. The minimum absolute atomic E-state index is 0.253. The van der Waals surface area contributed by atoms with Gasteiger partial charge in [0.1, 0.15) is 5.82 Å². The highest BCUT2D eigenvalue weighted by Gasteiger charge is 2.06. The number of rotatable bonds is 3. The maximum Gasteiger partial charge on any atom is 0.258 e. The lowest BCUT2D eigenvalue weighted by Gasteiger charge is -2.04. The first kappa shape index (κ1) is 12.0. The van der Waals surface area contributed by atoms with E-state index in [4.69, 9.17) is 5.73 Å². The van der Waals surface area contributed by atoms with E-state index < -0.39 is 0 Å². The summed E-state index contributed by atoms with van der Waals surface area (Å²) >= 11 is 0. The molecule has 0 bridgehead atoms. The van der Waals surface area contributed by atoms with Crippen LogP contribution in [-0.2, 0) is 6.54 Å². The van der Waals surface area contributed by atoms with Gasteiger partial charge in [-0.05, 0) is 17.7 Å². The average molecular weight is 244 g/mol. The Bertz CT molecular complexity index is 584. The van der Waals surface area contributed by atoms with Gasteiger partial charge in [-0.15, -0.1) is 0 Å². The zero-order chi connectivity index (χ0) is 13.0. The van der Waals surface area contributed by atoms with Gasteiger partial charge in [-0.3, -0.25) is 9.59 Å². The number of nitrogens with two attached hydrogens (primary N) is 1. The molecule has 2 aromatic rings. The van der Waals surface area contributed by atoms with Gasteiger partial charge >= 0.3 is 0 Å². The van der Waals surface area contributed by atoms with Crippen molar-refractivity contribution in [3.63, 3.8) is 0 Å². The number of anilines is 1. The Kier molecular flexibility index (Phi) is 3.49. The maximum atomic E-state index is 11.8. The molecular formula is C12H12N4O2. The lowest BCUT2D eigenvalue weighted by Crippen LogP contribution is -2.15. The minimum atomic E-state index is -0.334. The topological polar surface area (TPSA) is 101 Å². The quantitative estimate of drug-likeness (QED) is 0.731. The number of aromatic amines is 1. The second kappa shape index (κ2) is 5.24. The zero-order valence-electron chi connectivity index (χ0n) is 9.51. The van der Waals surface area contributed by atoms with Crippen molar-refractivity contribution >= 4 is 11.7 Å². The average Bonchev–Trinajstić information content (AvgIpc) is 2.40. The van der Waals surface area contributed by atoms with E-state index in [9.17, 15) is 9.59 Å². The Hall–Kier alpha value is -2.47. The van der Waals surface area contributed by atoms with E-state index in [1.165, 1.54) is 18.3 Å². The standard InChI is InChI=1S/C12H12N4O2/c13-5-8-1-3-10(14-6-8)16-12(18)9-2-4-11(17)15-7-9/h1-4,6-7H,5,13H2,(H,15,17)(H,14,16,18). The van der Waals surface area contributed by atoms with Gasteiger partial charge in [0.15, 0.2) is 0 Å². The monoisotopic (exact) mass is 244 g/mol. The van der Waals surface area contributed by atoms with Gasteiger partial charge in [0.2, 0.25) is 5.56 Å². The Morgan fingerprint density at radius 3 is 2.72 bits per heavy atom. The molecule has 0 aliphatic heterocycles. The summed E-state index contributed by atoms with van der Waals surface area (Å²) < 4.78 is 0. The molecule has 0 aromatic carbocycles. The molecular weight excluding hydrogens is 232 g/mol. The van der Waals surface area contributed by atoms with Gasteiger partial charge in [0.25, 0.3) is 5.91 Å². The normalized spacial score (nSPS) is 10.1. The lowest BCUT2D eigenvalue weighted by atomic mass is 10.2. The summed E-state index contributed by atoms with van der Waals surface area (Å²) in [5.41, 5.74) is 6.44. The highest BCUT2D eigenvalue weighted by Crippen LogP contribution is 2.06. The van der Waals surface area contributed by atoms with Gasteiger partial charge < -0.3 is 16.0 Å². The molecule has 6 nitrogen and oxygen atoms in total. The molecule has 0 radical (unpaired) electrons. The van der Waals surface area contributed by atoms with Gasteiger partial charge in [0.05, 0.1) is 5.56 Å². The van der Waals surface area contributed by atoms with Crippen molar-refractivity contribution in [1.82, 2.24) is 9.97 Å². The summed E-state index contributed by atoms with van der Waals surface area (Å²) in [6.45, 7) is 0.404. The highest BCUT2D eigenvalue weighted by atomic mass is 16.2. The van der Waals surface area contributed by atoms with Gasteiger partial charge in [-0.1, -0.05) is 6.07 Å². The van der Waals surface area contributed by atoms with Crippen LogP contribution in [-0.4, -0.2) is 15.9 Å². The molecule has 1 amide bonds. The van der Waals surface area contributed by atoms with E-state index in [0.29, 0.717) is 17.9 Å². The van der Waals surface area contributed by atoms with E-state index in [0.717, 1.165) is 5.56 Å². The third kappa shape index (κ3) is 2.80. The predicted molar refractivity (Wildman–Crippen MR) is 67.1 cm³/mol. The Morgan fingerprint density at radius 2 is 2.17 bits per heavy atom. The van der Waals surface area contributed by atoms with Crippen LogP contribution in [0.3, 0.4) is 0 Å². The number of amides is 1. The van der Waals surface area contributed by atoms with E-state index in [2.05, 4.69) is 15.3 Å². The maximum absolute atomic E-state index is 11.8. The third-order valence-corrected chi connectivity index (χ3v) is 2.35. The number of carbonyl (C=O) groups is 1. The van der Waals surface area contributed by atoms with Crippen molar-refractivity contribution in [2.75, 3.05) is 5.32 Å². The van der Waals surface area contributed by atoms with Crippen LogP contribution >= 0.6 is 0 Å². The first-order valence-electron chi connectivity index (χ1n) is 5.34. The molecule has 2 heterocycles. The molecule has 0 saturated heterocycles. The van der Waals surface area contributed by atoms with Crippen LogP contribution in [0.25, 0.3) is 0 Å². The van der Waals surface area contributed by atoms with Crippen LogP contribution in [0.15, 0.2) is 41.5 Å². The molecule has 4 N–H and O–H groups in total. The second-order valence-corrected chi connectivity index (χ2v) is 3.65. The van der Waals surface area contributed by atoms with Crippen molar-refractivity contribution in [2.45, 2.75) is 6.54 Å². The summed E-state index contributed by atoms with van der Waals surface area (Å²) in [4.78, 5) is 29.1. The number of H-pyrrole nitrogens is 1. The lowest BCUT2D eigenvalue weighted by molar-refractivity contribution is 0.102. The van der Waals surface area contributed by atoms with Crippen LogP contribution in [0.5, 0.6) is 0 Å². The SMILES string of the molecule is NCc1ccc(NC(=O)c2ccc(=O)[nH]c2)nc1. The molecule has 92 valence electrons. The Balaban J connectivity index is 2.10. The predicted octanol–water partition coefficient (Wildman–Crippen LogP) is 0.481. The molecule has 0 atom stereocenters. The smallest absolute Gasteiger partial charge is 0.258 e. The molecule has 6 heteroatoms. The van der Waals surface area contributed by atoms with Gasteiger partial charge in [0, 0.05) is 25.0 Å². The Morgan fingerprint density at radius 1 is 1.33 bits per heavy atom. The second-order valence-electron chi connectivity index (χ2n) is 3.65. The molecule has 0 aliphatic rings. The van der Waals surface area contributed by atoms with Crippen molar-refractivity contribution in [1.29, 1.82) is 0 Å². The van der Waals surface area contributed by atoms with E-state index in [1.807, 2.05) is 0 Å². The van der Waals surface area contributed by atoms with Gasteiger partial charge in [-0.25, -0.2) is 4.98 Å². The van der Waals surface area contributed by atoms with Crippen LogP contribution in [0.4, 0.5) is 5.82 Å². The largest absolute Gasteiger partial charge is 0.328 e. The highest BCUT2D eigenvalue weighted by molar-refractivity contribution is 6.03. The van der Waals surface area contributed by atoms with Crippen molar-refractivity contribution in [2.24, 2.45) is 5.73 Å². The number of aromatic nitrogens is 2. The fourth-order valence-electron chi connectivity index (χ4n) is 1.36. The Labute approximate surface area is 103 Å². The zero-order valence-corrected chi connectivity index (χ0v) is 9.51. The summed E-state index contributed by atoms with van der Waals surface area (Å²) in [6.07, 6.45) is 2.95. The fourth-order valence-corrected chi connectivity index (χ4v) is 1.36. The van der Waals surface area contributed by atoms with Crippen LogP contribution in [0.2, 0.25) is 0 Å². The van der Waals surface area contributed by atoms with E-state index >= 15 is 0 Å². The number of nitrogens with one attached hydrogen (secondary N) is 2. The van der Waals surface area contributed by atoms with Gasteiger partial charge in [-0.2, -0.15) is 0 Å². The number of carbonyl (C=O) groups excluding carboxylic acids is 1. The molecule has 0 spiro atoms. The third-order valence-electron chi connectivity index (χ3n) is 2.35. The van der Waals surface area contributed by atoms with E-state index in [1.54, 1.807) is 18.3 Å². The first-order valence-corrected chi connectivity index (χ1v) is 5.34. The van der Waals surface area contributed by atoms with E-state index in [-0.39, 0.29) is 11.5 Å². The van der Waals surface area contributed by atoms with Crippen LogP contribution in [0, 0.1) is 0 Å². The molecule has 0 fully saturated rings. The minimum Gasteiger partial charge on any atom is -0.328 e. The summed E-state index contributed by atoms with van der Waals surface area (Å²) in [7, 11) is 0. The number of nitrogens with zero attached hydrogens (tertiary/aromatic N) is 1. The molecule has 2 rings (SSSR count). The molecule has 2 aromatic heterocycles. The van der Waals surface area contributed by atoms with Crippen molar-refractivity contribution < 1.29 is 4.79 Å². The number of pyridine rings is 2. The summed E-state index contributed by atoms with van der Waals surface area (Å²) in [6, 6.07) is 6.20. The van der Waals surface area contributed by atoms with Crippen LogP contribution < -0.4 is 16.6 Å². The fraction of sp³-hybridized carbons (Fsp3) is 0.0833. The van der Waals surface area contributed by atoms with Crippen molar-refractivity contribution in [3.05, 3.63) is 58.1 Å².